The third-order valence-electron chi connectivity index (χ3n) is 18.6. The monoisotopic (exact) mass is 1630 g/mol. The van der Waals surface area contributed by atoms with Crippen molar-refractivity contribution in [1.82, 2.24) is 31.2 Å². The van der Waals surface area contributed by atoms with Crippen LogP contribution >= 0.6 is 23.8 Å². The molecule has 0 fully saturated rings. The van der Waals surface area contributed by atoms with Crippen LogP contribution in [-0.2, 0) is 51.7 Å². The number of nitrogens with one attached hydrogen (secondary N) is 6. The number of benzene rings is 5. The Labute approximate surface area is 685 Å². The molecule has 114 heavy (non-hydrogen) atoms. The Morgan fingerprint density at radius 3 is 1.92 bits per heavy atom. The highest BCUT2D eigenvalue weighted by atomic mass is 35.5. The number of pyridine rings is 2. The molecule has 3 heterocycles. The number of rotatable bonds is 36. The predicted molar refractivity (Wildman–Crippen MR) is 443 cm³/mol. The molecule has 0 spiro atoms. The Morgan fingerprint density at radius 1 is 0.658 bits per heavy atom. The van der Waals surface area contributed by atoms with Gasteiger partial charge in [-0.25, -0.2) is 32.9 Å². The molecule has 0 bridgehead atoms. The number of nitrogens with zero attached hydrogens (tertiary/aromatic N) is 4. The molecule has 6 unspecified atom stereocenters. The van der Waals surface area contributed by atoms with Gasteiger partial charge in [-0.2, -0.15) is 0 Å². The molecule has 0 saturated carbocycles. The van der Waals surface area contributed by atoms with Crippen molar-refractivity contribution in [2.24, 2.45) is 18.9 Å². The van der Waals surface area contributed by atoms with Gasteiger partial charge < -0.3 is 87.3 Å². The summed E-state index contributed by atoms with van der Waals surface area (Å²) in [6, 6.07) is 39.8. The van der Waals surface area contributed by atoms with E-state index in [0.29, 0.717) is 41.4 Å². The molecular formula is C85H114Cl2N10O16S+2. The van der Waals surface area contributed by atoms with Crippen molar-refractivity contribution in [3.05, 3.63) is 163 Å². The van der Waals surface area contributed by atoms with Gasteiger partial charge in [0.1, 0.15) is 55.7 Å². The zero-order valence-electron chi connectivity index (χ0n) is 67.6. The van der Waals surface area contributed by atoms with Crippen molar-refractivity contribution in [2.45, 2.75) is 150 Å². The number of carboxylic acids is 1. The molecule has 0 radical (unpaired) electrons. The number of aliphatic hydroxyl groups excluding tert-OH is 2. The largest absolute Gasteiger partial charge is 1.00 e. The van der Waals surface area contributed by atoms with Crippen LogP contribution in [0.5, 0.6) is 0 Å². The van der Waals surface area contributed by atoms with E-state index in [9.17, 15) is 43.8 Å². The number of hydrogen-bond acceptors (Lipinski definition) is 17. The number of alkyl halides is 1. The van der Waals surface area contributed by atoms with Gasteiger partial charge in [0.25, 0.3) is 5.17 Å². The third-order valence-corrected chi connectivity index (χ3v) is 19.2. The highest BCUT2D eigenvalue weighted by Crippen LogP contribution is 2.43. The quantitative estimate of drug-likeness (QED) is 0.00337. The summed E-state index contributed by atoms with van der Waals surface area (Å²) in [5.74, 6) is -2.75. The van der Waals surface area contributed by atoms with Gasteiger partial charge in [-0.1, -0.05) is 70.2 Å². The summed E-state index contributed by atoms with van der Waals surface area (Å²) >= 11 is 11.3. The van der Waals surface area contributed by atoms with Gasteiger partial charge in [0, 0.05) is 122 Å². The second-order valence-electron chi connectivity index (χ2n) is 27.8. The minimum atomic E-state index is -1.04. The van der Waals surface area contributed by atoms with Crippen LogP contribution in [0.2, 0.25) is 0 Å². The molecule has 29 heteroatoms. The van der Waals surface area contributed by atoms with Gasteiger partial charge in [-0.15, -0.1) is 11.6 Å². The number of amides is 5. The van der Waals surface area contributed by atoms with Crippen LogP contribution in [0.25, 0.3) is 55.3 Å². The van der Waals surface area contributed by atoms with E-state index in [4.69, 9.17) is 57.0 Å². The summed E-state index contributed by atoms with van der Waals surface area (Å²) in [7, 11) is 3.23. The lowest BCUT2D eigenvalue weighted by Gasteiger charge is -2.23. The molecule has 1 aliphatic carbocycles. The zero-order chi connectivity index (χ0) is 82.7. The minimum absolute atomic E-state index is 0. The first kappa shape index (κ1) is 94.4. The Hall–Kier alpha value is -10.2. The Bertz CT molecular complexity index is 4460. The SMILES string of the molecule is CCC(CC(O)CC(C)OC(=S)NC(C)C)OC(=O)NCCNC(=O)OCC[n+]1ccc(-c2cc[n+](C)cc2)cc1.CCN(CC)c1ccc2c(-c3ccc(C(C)C)cc3C(=O)O)c3ccc(=[N+](CC)CC)cc-3oc2c1.COC(=O)C(C)CC(CC(Cl)C(=O)NCCO)C(=O)NCCOC(=O)Nc1ccc2ccccc2c1.[Cl-]. The van der Waals surface area contributed by atoms with Crippen LogP contribution in [0.3, 0.4) is 0 Å². The summed E-state index contributed by atoms with van der Waals surface area (Å²) < 4.78 is 38.8. The number of aryl methyl sites for hydroxylation is 1. The van der Waals surface area contributed by atoms with E-state index < -0.39 is 71.5 Å². The van der Waals surface area contributed by atoms with Crippen molar-refractivity contribution >= 4 is 104 Å². The van der Waals surface area contributed by atoms with Crippen LogP contribution in [0.4, 0.5) is 25.8 Å². The van der Waals surface area contributed by atoms with E-state index in [1.54, 1.807) is 13.0 Å². The summed E-state index contributed by atoms with van der Waals surface area (Å²) in [5, 5.41) is 48.6. The fourth-order valence-electron chi connectivity index (χ4n) is 12.5. The summed E-state index contributed by atoms with van der Waals surface area (Å²) in [5.41, 5.74) is 8.50. The molecule has 2 aromatic heterocycles. The molecule has 0 saturated heterocycles. The van der Waals surface area contributed by atoms with Gasteiger partial charge >= 0.3 is 30.2 Å². The number of aromatic nitrogens is 2. The number of esters is 1. The highest BCUT2D eigenvalue weighted by molar-refractivity contribution is 7.80. The molecule has 26 nitrogen and oxygen atoms in total. The number of hydrogen-bond donors (Lipinski definition) is 9. The first-order valence-electron chi connectivity index (χ1n) is 38.6. The molecule has 5 amide bonds. The average molecular weight is 1630 g/mol. The van der Waals surface area contributed by atoms with Gasteiger partial charge in [-0.3, -0.25) is 19.7 Å². The van der Waals surface area contributed by atoms with Crippen molar-refractivity contribution in [2.75, 3.05) is 89.5 Å². The van der Waals surface area contributed by atoms with Crippen molar-refractivity contribution < 1.29 is 98.5 Å². The number of carbonyl (C=O) groups excluding carboxylic acids is 6. The van der Waals surface area contributed by atoms with Crippen LogP contribution in [0.1, 0.15) is 130 Å². The fourth-order valence-corrected chi connectivity index (χ4v) is 13.2. The topological polar surface area (TPSA) is 326 Å². The highest BCUT2D eigenvalue weighted by Gasteiger charge is 2.31. The lowest BCUT2D eigenvalue weighted by molar-refractivity contribution is -0.697. The van der Waals surface area contributed by atoms with E-state index >= 15 is 0 Å². The maximum absolute atomic E-state index is 12.8. The van der Waals surface area contributed by atoms with Crippen molar-refractivity contribution in [1.29, 1.82) is 0 Å². The molecule has 618 valence electrons. The van der Waals surface area contributed by atoms with Gasteiger partial charge in [0.15, 0.2) is 37.9 Å². The van der Waals surface area contributed by atoms with Gasteiger partial charge in [0.05, 0.1) is 43.9 Å². The molecule has 2 aliphatic rings. The maximum atomic E-state index is 12.8. The molecule has 8 rings (SSSR count). The number of aliphatic hydroxyl groups is 2. The van der Waals surface area contributed by atoms with Crippen molar-refractivity contribution in [3.63, 3.8) is 0 Å². The number of halogens is 2. The predicted octanol–water partition coefficient (Wildman–Crippen LogP) is 8.64. The lowest BCUT2D eigenvalue weighted by atomic mass is 9.88. The summed E-state index contributed by atoms with van der Waals surface area (Å²) in [4.78, 5) is 87.6. The number of ether oxygens (including phenoxy) is 5. The zero-order valence-corrected chi connectivity index (χ0v) is 69.9. The average Bonchev–Trinajstić information content (AvgIpc) is 0.742. The molecule has 6 aromatic rings. The first-order chi connectivity index (χ1) is 54.1. The van der Waals surface area contributed by atoms with Crippen LogP contribution in [0.15, 0.2) is 151 Å². The number of carboxylic acid groups (broad SMARTS) is 1. The minimum Gasteiger partial charge on any atom is -1.00 e. The van der Waals surface area contributed by atoms with Gasteiger partial charge in [0.2, 0.25) is 17.2 Å². The van der Waals surface area contributed by atoms with E-state index in [0.717, 1.165) is 92.5 Å². The number of anilines is 2. The fraction of sp³-hybridized carbons (Fsp3) is 0.447. The first-order valence-corrected chi connectivity index (χ1v) is 39.4. The number of alkyl carbamates (subject to hydrolysis) is 2. The van der Waals surface area contributed by atoms with Gasteiger partial charge in [-0.05, 0) is 155 Å². The second-order valence-corrected chi connectivity index (χ2v) is 28.7. The third kappa shape index (κ3) is 30.3. The normalized spacial score (nSPS) is 12.5. The molecule has 6 atom stereocenters. The van der Waals surface area contributed by atoms with E-state index in [2.05, 4.69) is 131 Å². The smallest absolute Gasteiger partial charge is 0.411 e. The standard InChI is InChI=1S/C31H36N2O3.C29H43N5O6S.C25H32ClN3O7.ClH/c1-7-32(8-2)22-12-15-25-28(18-22)36-29-19-23(33(9-3)10-4)13-16-26(29)30(25)24-14-11-21(20(5)6)17-27(24)31(34)35;1-6-26(20-25(35)19-22(4)39-29(41)32-21(2)3)40-28(37)31-12-11-30-27(36)38-18-17-34-15-9-24(10-16-34)23-7-13-33(5)14-8-23;1-16(24(33)35-2)13-19(15-21(26)23(32)27-9-11-30)22(31)28-10-12-36-25(34)29-20-8-7-17-5-3-4-6-18(17)14-20;/h11-20H,7-10H2,1-6H3;7-10,13-16,21-22,25-26,35H,6,11-12,17-20H2,1-5H3,(H-2,30,31,32,36,37,41);3-8,14,16,19,21,30H,9-13,15H2,1-2H3,(H,27,32)(H,28,31)(H,29,34);1H/p+2. The number of methoxy groups -OCH3 is 1. The maximum Gasteiger partial charge on any atom is 0.411 e. The second kappa shape index (κ2) is 48.8. The Kier molecular flexibility index (Phi) is 40.4. The Balaban J connectivity index is 0.000000305. The summed E-state index contributed by atoms with van der Waals surface area (Å²) in [6.45, 7) is 26.3. The Morgan fingerprint density at radius 2 is 1.30 bits per heavy atom. The van der Waals surface area contributed by atoms with E-state index in [-0.39, 0.29) is 95.7 Å². The number of carbonyl (C=O) groups is 7. The number of aromatic carboxylic acids is 1. The van der Waals surface area contributed by atoms with Crippen LogP contribution in [-0.4, -0.2) is 172 Å². The van der Waals surface area contributed by atoms with Crippen LogP contribution in [0, 0.1) is 11.8 Å². The molecule has 9 N–H and O–H groups in total. The van der Waals surface area contributed by atoms with E-state index in [1.165, 1.54) is 7.11 Å². The van der Waals surface area contributed by atoms with Crippen molar-refractivity contribution in [3.8, 4) is 33.6 Å². The molecule has 1 aliphatic heterocycles. The molecule has 4 aromatic carbocycles. The molecular weight excluding hydrogens is 1520 g/mol. The number of thiocarbonyl (C=S) groups is 1. The lowest BCUT2D eigenvalue weighted by Crippen LogP contribution is -3.00. The number of fused-ring (bicyclic) bond motifs is 3. The van der Waals surface area contributed by atoms with E-state index in [1.807, 2.05) is 135 Å². The summed E-state index contributed by atoms with van der Waals surface area (Å²) in [6.07, 6.45) is 5.81. The van der Waals surface area contributed by atoms with Crippen LogP contribution < -0.4 is 68.3 Å².